The second kappa shape index (κ2) is 7.08. The van der Waals surface area contributed by atoms with Crippen LogP contribution in [0.3, 0.4) is 0 Å². The number of amides is 1. The smallest absolute Gasteiger partial charge is 0.260 e. The molecule has 0 atom stereocenters. The summed E-state index contributed by atoms with van der Waals surface area (Å²) in [6.07, 6.45) is 0.668. The lowest BCUT2D eigenvalue weighted by atomic mass is 10.2. The summed E-state index contributed by atoms with van der Waals surface area (Å²) in [5.41, 5.74) is 1.37. The van der Waals surface area contributed by atoms with Gasteiger partial charge in [-0.25, -0.2) is 0 Å². The molecule has 0 unspecified atom stereocenters. The molecule has 1 aromatic heterocycles. The number of hydrogen-bond donors (Lipinski definition) is 1. The average molecular weight is 364 g/mol. The zero-order valence-electron chi connectivity index (χ0n) is 11.8. The van der Waals surface area contributed by atoms with Crippen LogP contribution in [0.4, 0.5) is 5.13 Å². The maximum atomic E-state index is 12.3. The summed E-state index contributed by atoms with van der Waals surface area (Å²) in [5.74, 6) is -0.400. The van der Waals surface area contributed by atoms with Gasteiger partial charge in [0.2, 0.25) is 5.13 Å². The number of carbonyl (C=O) groups is 1. The molecule has 0 fully saturated rings. The van der Waals surface area contributed by atoms with Gasteiger partial charge in [-0.3, -0.25) is 10.1 Å². The van der Waals surface area contributed by atoms with Crippen molar-refractivity contribution in [1.29, 1.82) is 0 Å². The zero-order valence-corrected chi connectivity index (χ0v) is 14.1. The normalized spacial score (nSPS) is 10.5. The number of nitrogens with one attached hydrogen (secondary N) is 1. The van der Waals surface area contributed by atoms with Crippen molar-refractivity contribution in [3.63, 3.8) is 0 Å². The molecular formula is C16H11Cl2N3OS. The number of carbonyl (C=O) groups excluding carboxylic acids is 1. The Morgan fingerprint density at radius 2 is 1.70 bits per heavy atom. The van der Waals surface area contributed by atoms with Gasteiger partial charge < -0.3 is 0 Å². The molecule has 0 aliphatic rings. The van der Waals surface area contributed by atoms with Crippen LogP contribution in [0, 0.1) is 0 Å². The average Bonchev–Trinajstić information content (AvgIpc) is 2.95. The summed E-state index contributed by atoms with van der Waals surface area (Å²) in [5, 5.41) is 12.6. The Morgan fingerprint density at radius 3 is 2.39 bits per heavy atom. The maximum absolute atomic E-state index is 12.3. The number of benzene rings is 2. The highest BCUT2D eigenvalue weighted by molar-refractivity contribution is 7.15. The second-order valence-electron chi connectivity index (χ2n) is 4.71. The first-order valence-corrected chi connectivity index (χ1v) is 8.32. The van der Waals surface area contributed by atoms with Gasteiger partial charge in [-0.2, -0.15) is 0 Å². The number of anilines is 1. The predicted octanol–water partition coefficient (Wildman–Crippen LogP) is 4.69. The van der Waals surface area contributed by atoms with E-state index < -0.39 is 5.91 Å². The summed E-state index contributed by atoms with van der Waals surface area (Å²) < 4.78 is 0. The minimum Gasteiger partial charge on any atom is -0.296 e. The van der Waals surface area contributed by atoms with Gasteiger partial charge in [0.1, 0.15) is 5.01 Å². The Balaban J connectivity index is 1.73. The molecule has 0 spiro atoms. The summed E-state index contributed by atoms with van der Waals surface area (Å²) >= 11 is 13.4. The fourth-order valence-electron chi connectivity index (χ4n) is 2.02. The van der Waals surface area contributed by atoms with Crippen molar-refractivity contribution < 1.29 is 4.79 Å². The lowest BCUT2D eigenvalue weighted by molar-refractivity contribution is 0.102. The van der Waals surface area contributed by atoms with Crippen LogP contribution >= 0.6 is 34.5 Å². The van der Waals surface area contributed by atoms with Crippen molar-refractivity contribution in [1.82, 2.24) is 10.2 Å². The molecule has 0 aliphatic carbocycles. The van der Waals surface area contributed by atoms with Crippen LogP contribution in [-0.2, 0) is 6.42 Å². The van der Waals surface area contributed by atoms with Crippen LogP contribution in [-0.4, -0.2) is 16.1 Å². The molecule has 3 rings (SSSR count). The zero-order chi connectivity index (χ0) is 16.2. The first-order chi connectivity index (χ1) is 11.1. The molecular weight excluding hydrogens is 353 g/mol. The molecule has 1 N–H and O–H groups in total. The van der Waals surface area contributed by atoms with Crippen LogP contribution in [0.15, 0.2) is 48.5 Å². The summed E-state index contributed by atoms with van der Waals surface area (Å²) in [6.45, 7) is 0. The van der Waals surface area contributed by atoms with E-state index in [1.807, 2.05) is 30.3 Å². The van der Waals surface area contributed by atoms with E-state index in [-0.39, 0.29) is 5.56 Å². The molecule has 7 heteroatoms. The van der Waals surface area contributed by atoms with Gasteiger partial charge in [-0.1, -0.05) is 70.9 Å². The Bertz CT molecular complexity index is 816. The molecule has 0 saturated heterocycles. The standard InChI is InChI=1S/C16H11Cl2N3OS/c17-11-7-4-8-12(18)14(11)15(22)19-16-21-20-13(23-16)9-10-5-2-1-3-6-10/h1-8H,9H2,(H,19,21,22). The molecule has 0 radical (unpaired) electrons. The molecule has 116 valence electrons. The quantitative estimate of drug-likeness (QED) is 0.731. The van der Waals surface area contributed by atoms with Gasteiger partial charge >= 0.3 is 0 Å². The Labute approximate surface area is 147 Å². The number of nitrogens with zero attached hydrogens (tertiary/aromatic N) is 2. The van der Waals surface area contributed by atoms with E-state index >= 15 is 0 Å². The second-order valence-corrected chi connectivity index (χ2v) is 6.59. The first kappa shape index (κ1) is 15.9. The largest absolute Gasteiger partial charge is 0.296 e. The molecule has 1 amide bonds. The topological polar surface area (TPSA) is 54.9 Å². The summed E-state index contributed by atoms with van der Waals surface area (Å²) in [6, 6.07) is 14.8. The van der Waals surface area contributed by atoms with Gasteiger partial charge in [0.25, 0.3) is 5.91 Å². The van der Waals surface area contributed by atoms with E-state index in [1.165, 1.54) is 11.3 Å². The lowest BCUT2D eigenvalue weighted by Crippen LogP contribution is -2.12. The Morgan fingerprint density at radius 1 is 1.00 bits per heavy atom. The summed E-state index contributed by atoms with van der Waals surface area (Å²) in [4.78, 5) is 12.3. The van der Waals surface area contributed by atoms with Gasteiger partial charge in [-0.15, -0.1) is 10.2 Å². The minimum absolute atomic E-state index is 0.232. The number of aromatic nitrogens is 2. The molecule has 4 nitrogen and oxygen atoms in total. The highest BCUT2D eigenvalue weighted by atomic mass is 35.5. The van der Waals surface area contributed by atoms with Crippen molar-refractivity contribution in [2.24, 2.45) is 0 Å². The first-order valence-electron chi connectivity index (χ1n) is 6.75. The predicted molar refractivity (Wildman–Crippen MR) is 93.6 cm³/mol. The number of hydrogen-bond acceptors (Lipinski definition) is 4. The van der Waals surface area contributed by atoms with Crippen LogP contribution < -0.4 is 5.32 Å². The van der Waals surface area contributed by atoms with E-state index in [0.29, 0.717) is 21.6 Å². The van der Waals surface area contributed by atoms with Crippen molar-refractivity contribution in [2.45, 2.75) is 6.42 Å². The molecule has 23 heavy (non-hydrogen) atoms. The molecule has 1 heterocycles. The minimum atomic E-state index is -0.400. The monoisotopic (exact) mass is 363 g/mol. The fourth-order valence-corrected chi connectivity index (χ4v) is 3.36. The van der Waals surface area contributed by atoms with E-state index in [0.717, 1.165) is 10.6 Å². The van der Waals surface area contributed by atoms with Crippen molar-refractivity contribution in [3.05, 3.63) is 74.7 Å². The Kier molecular flexibility index (Phi) is 4.91. The van der Waals surface area contributed by atoms with Crippen LogP contribution in [0.5, 0.6) is 0 Å². The number of rotatable bonds is 4. The molecule has 0 aliphatic heterocycles. The van der Waals surface area contributed by atoms with E-state index in [2.05, 4.69) is 15.5 Å². The SMILES string of the molecule is O=C(Nc1nnc(Cc2ccccc2)s1)c1c(Cl)cccc1Cl. The van der Waals surface area contributed by atoms with E-state index in [9.17, 15) is 4.79 Å². The summed E-state index contributed by atoms with van der Waals surface area (Å²) in [7, 11) is 0. The van der Waals surface area contributed by atoms with Crippen molar-refractivity contribution >= 4 is 45.6 Å². The Hall–Kier alpha value is -1.95. The third-order valence-corrected chi connectivity index (χ3v) is 4.54. The molecule has 0 bridgehead atoms. The maximum Gasteiger partial charge on any atom is 0.260 e. The third-order valence-electron chi connectivity index (χ3n) is 3.08. The van der Waals surface area contributed by atoms with Gasteiger partial charge in [0.05, 0.1) is 15.6 Å². The van der Waals surface area contributed by atoms with E-state index in [1.54, 1.807) is 18.2 Å². The van der Waals surface area contributed by atoms with Crippen LogP contribution in [0.25, 0.3) is 0 Å². The van der Waals surface area contributed by atoms with Crippen molar-refractivity contribution in [3.8, 4) is 0 Å². The molecule has 0 saturated carbocycles. The fraction of sp³-hybridized carbons (Fsp3) is 0.0625. The van der Waals surface area contributed by atoms with E-state index in [4.69, 9.17) is 23.2 Å². The lowest BCUT2D eigenvalue weighted by Gasteiger charge is -2.05. The van der Waals surface area contributed by atoms with Crippen LogP contribution in [0.1, 0.15) is 20.9 Å². The van der Waals surface area contributed by atoms with Crippen molar-refractivity contribution in [2.75, 3.05) is 5.32 Å². The molecule has 2 aromatic carbocycles. The third kappa shape index (κ3) is 3.88. The molecule has 3 aromatic rings. The van der Waals surface area contributed by atoms with Gasteiger partial charge in [0.15, 0.2) is 0 Å². The number of halogens is 2. The van der Waals surface area contributed by atoms with Gasteiger partial charge in [0, 0.05) is 6.42 Å². The van der Waals surface area contributed by atoms with Gasteiger partial charge in [-0.05, 0) is 17.7 Å². The highest BCUT2D eigenvalue weighted by Crippen LogP contribution is 2.26. The highest BCUT2D eigenvalue weighted by Gasteiger charge is 2.16. The van der Waals surface area contributed by atoms with Crippen LogP contribution in [0.2, 0.25) is 10.0 Å².